The van der Waals surface area contributed by atoms with E-state index < -0.39 is 17.9 Å². The minimum atomic E-state index is -0.966. The molecule has 0 fully saturated rings. The van der Waals surface area contributed by atoms with Crippen molar-refractivity contribution in [1.82, 2.24) is 10.2 Å². The zero-order chi connectivity index (χ0) is 15.1. The lowest BCUT2D eigenvalue weighted by atomic mass is 10.2. The van der Waals surface area contributed by atoms with Gasteiger partial charge in [0.25, 0.3) is 5.91 Å². The Balaban J connectivity index is 2.56. The fraction of sp³-hybridized carbons (Fsp3) is 0.462. The normalized spacial score (nSPS) is 11.7. The smallest absolute Gasteiger partial charge is 0.305 e. The topological polar surface area (TPSA) is 99.9 Å². The van der Waals surface area contributed by atoms with Crippen LogP contribution in [0.5, 0.6) is 0 Å². The first-order valence-corrected chi connectivity index (χ1v) is 6.29. The molecule has 0 bridgehead atoms. The van der Waals surface area contributed by atoms with Crippen LogP contribution < -0.4 is 5.32 Å². The van der Waals surface area contributed by atoms with Crippen molar-refractivity contribution in [2.75, 3.05) is 13.1 Å². The molecular weight excluding hydrogens is 264 g/mol. The van der Waals surface area contributed by atoms with Crippen LogP contribution in [-0.2, 0) is 9.59 Å². The second kappa shape index (κ2) is 7.32. The SMILES string of the molecule is CCN(CCC(=O)O)C(=O)C(C)NC(=O)c1ccoc1. The summed E-state index contributed by atoms with van der Waals surface area (Å²) in [5, 5.41) is 11.2. The van der Waals surface area contributed by atoms with E-state index in [4.69, 9.17) is 9.52 Å². The van der Waals surface area contributed by atoms with Gasteiger partial charge >= 0.3 is 5.97 Å². The second-order valence-electron chi connectivity index (χ2n) is 4.27. The van der Waals surface area contributed by atoms with Crippen LogP contribution in [-0.4, -0.2) is 46.9 Å². The molecule has 0 saturated heterocycles. The summed E-state index contributed by atoms with van der Waals surface area (Å²) >= 11 is 0. The highest BCUT2D eigenvalue weighted by Crippen LogP contribution is 2.02. The summed E-state index contributed by atoms with van der Waals surface area (Å²) in [4.78, 5) is 35.8. The molecule has 0 aliphatic heterocycles. The summed E-state index contributed by atoms with van der Waals surface area (Å²) in [6.45, 7) is 3.82. The van der Waals surface area contributed by atoms with E-state index in [1.807, 2.05) is 0 Å². The summed E-state index contributed by atoms with van der Waals surface area (Å²) in [7, 11) is 0. The van der Waals surface area contributed by atoms with Gasteiger partial charge in [-0.15, -0.1) is 0 Å². The van der Waals surface area contributed by atoms with E-state index in [0.717, 1.165) is 0 Å². The summed E-state index contributed by atoms with van der Waals surface area (Å²) in [5.41, 5.74) is 0.332. The Bertz CT molecular complexity index is 469. The van der Waals surface area contributed by atoms with Gasteiger partial charge in [0, 0.05) is 13.1 Å². The summed E-state index contributed by atoms with van der Waals surface area (Å²) in [6, 6.07) is 0.764. The van der Waals surface area contributed by atoms with Gasteiger partial charge in [0.15, 0.2) is 0 Å². The minimum absolute atomic E-state index is 0.122. The van der Waals surface area contributed by atoms with E-state index in [-0.39, 0.29) is 18.9 Å². The Morgan fingerprint density at radius 2 is 2.15 bits per heavy atom. The molecule has 0 aliphatic carbocycles. The monoisotopic (exact) mass is 282 g/mol. The number of carbonyl (C=O) groups is 3. The molecule has 0 aliphatic rings. The maximum absolute atomic E-state index is 12.1. The predicted molar refractivity (Wildman–Crippen MR) is 70.1 cm³/mol. The maximum Gasteiger partial charge on any atom is 0.305 e. The van der Waals surface area contributed by atoms with Gasteiger partial charge in [-0.05, 0) is 19.9 Å². The van der Waals surface area contributed by atoms with Crippen molar-refractivity contribution in [1.29, 1.82) is 0 Å². The van der Waals surface area contributed by atoms with Gasteiger partial charge in [0.2, 0.25) is 5.91 Å². The molecule has 1 atom stereocenters. The van der Waals surface area contributed by atoms with Gasteiger partial charge in [-0.1, -0.05) is 0 Å². The Morgan fingerprint density at radius 1 is 1.45 bits per heavy atom. The predicted octanol–water partition coefficient (Wildman–Crippen LogP) is 0.721. The fourth-order valence-corrected chi connectivity index (χ4v) is 1.66. The molecule has 1 rings (SSSR count). The van der Waals surface area contributed by atoms with E-state index in [1.54, 1.807) is 13.8 Å². The number of amides is 2. The lowest BCUT2D eigenvalue weighted by Gasteiger charge is -2.24. The van der Waals surface area contributed by atoms with Crippen molar-refractivity contribution in [2.24, 2.45) is 0 Å². The number of carbonyl (C=O) groups excluding carboxylic acids is 2. The maximum atomic E-state index is 12.1. The third-order valence-corrected chi connectivity index (χ3v) is 2.79. The first-order chi connectivity index (χ1) is 9.45. The van der Waals surface area contributed by atoms with E-state index in [9.17, 15) is 14.4 Å². The Kier molecular flexibility index (Phi) is 5.76. The number of aliphatic carboxylic acids is 1. The third-order valence-electron chi connectivity index (χ3n) is 2.79. The van der Waals surface area contributed by atoms with E-state index in [1.165, 1.54) is 23.5 Å². The van der Waals surface area contributed by atoms with Crippen LogP contribution in [0.15, 0.2) is 23.0 Å². The van der Waals surface area contributed by atoms with Gasteiger partial charge in [-0.2, -0.15) is 0 Å². The van der Waals surface area contributed by atoms with Crippen molar-refractivity contribution in [3.63, 3.8) is 0 Å². The van der Waals surface area contributed by atoms with Crippen LogP contribution in [0.2, 0.25) is 0 Å². The lowest BCUT2D eigenvalue weighted by molar-refractivity contribution is -0.138. The molecular formula is C13H18N2O5. The molecule has 0 spiro atoms. The van der Waals surface area contributed by atoms with Gasteiger partial charge in [0.1, 0.15) is 12.3 Å². The number of furan rings is 1. The molecule has 2 amide bonds. The molecule has 1 aromatic rings. The molecule has 7 heteroatoms. The van der Waals surface area contributed by atoms with Gasteiger partial charge in [0.05, 0.1) is 18.2 Å². The highest BCUT2D eigenvalue weighted by molar-refractivity contribution is 5.97. The largest absolute Gasteiger partial charge is 0.481 e. The van der Waals surface area contributed by atoms with Crippen LogP contribution in [0.1, 0.15) is 30.6 Å². The second-order valence-corrected chi connectivity index (χ2v) is 4.27. The van der Waals surface area contributed by atoms with Crippen LogP contribution in [0.25, 0.3) is 0 Å². The van der Waals surface area contributed by atoms with Crippen LogP contribution in [0.3, 0.4) is 0 Å². The lowest BCUT2D eigenvalue weighted by Crippen LogP contribution is -2.47. The van der Waals surface area contributed by atoms with Gasteiger partial charge in [-0.25, -0.2) is 0 Å². The first-order valence-electron chi connectivity index (χ1n) is 6.29. The number of hydrogen-bond donors (Lipinski definition) is 2. The molecule has 0 saturated carbocycles. The van der Waals surface area contributed by atoms with Crippen LogP contribution >= 0.6 is 0 Å². The average molecular weight is 282 g/mol. The van der Waals surface area contributed by atoms with Crippen LogP contribution in [0, 0.1) is 0 Å². The number of nitrogens with one attached hydrogen (secondary N) is 1. The number of likely N-dealkylation sites (N-methyl/N-ethyl adjacent to an activating group) is 1. The van der Waals surface area contributed by atoms with Crippen molar-refractivity contribution in [2.45, 2.75) is 26.3 Å². The van der Waals surface area contributed by atoms with Crippen molar-refractivity contribution < 1.29 is 23.9 Å². The molecule has 110 valence electrons. The summed E-state index contributed by atoms with van der Waals surface area (Å²) in [5.74, 6) is -1.69. The third kappa shape index (κ3) is 4.42. The van der Waals surface area contributed by atoms with Gasteiger partial charge in [-0.3, -0.25) is 14.4 Å². The molecule has 1 aromatic heterocycles. The molecule has 0 radical (unpaired) electrons. The zero-order valence-corrected chi connectivity index (χ0v) is 11.5. The number of nitrogens with zero attached hydrogens (tertiary/aromatic N) is 1. The van der Waals surface area contributed by atoms with Crippen LogP contribution in [0.4, 0.5) is 0 Å². The number of rotatable bonds is 7. The first kappa shape index (κ1) is 15.7. The highest BCUT2D eigenvalue weighted by Gasteiger charge is 2.22. The quantitative estimate of drug-likeness (QED) is 0.767. The zero-order valence-electron chi connectivity index (χ0n) is 11.5. The highest BCUT2D eigenvalue weighted by atomic mass is 16.4. The van der Waals surface area contributed by atoms with Gasteiger partial charge < -0.3 is 19.7 Å². The number of carboxylic acid groups (broad SMARTS) is 1. The molecule has 20 heavy (non-hydrogen) atoms. The van der Waals surface area contributed by atoms with E-state index in [0.29, 0.717) is 12.1 Å². The standard InChI is InChI=1S/C13H18N2O5/c1-3-15(6-4-11(16)17)13(19)9(2)14-12(18)10-5-7-20-8-10/h5,7-9H,3-4,6H2,1-2H3,(H,14,18)(H,16,17). The Morgan fingerprint density at radius 3 is 2.65 bits per heavy atom. The molecule has 7 nitrogen and oxygen atoms in total. The molecule has 1 heterocycles. The van der Waals surface area contributed by atoms with E-state index >= 15 is 0 Å². The molecule has 2 N–H and O–H groups in total. The Labute approximate surface area is 116 Å². The summed E-state index contributed by atoms with van der Waals surface area (Å²) < 4.78 is 4.79. The van der Waals surface area contributed by atoms with Crippen molar-refractivity contribution >= 4 is 17.8 Å². The van der Waals surface area contributed by atoms with Crippen molar-refractivity contribution in [3.05, 3.63) is 24.2 Å². The Hall–Kier alpha value is -2.31. The van der Waals surface area contributed by atoms with E-state index in [2.05, 4.69) is 5.32 Å². The fourth-order valence-electron chi connectivity index (χ4n) is 1.66. The summed E-state index contributed by atoms with van der Waals surface area (Å²) in [6.07, 6.45) is 2.53. The number of hydrogen-bond acceptors (Lipinski definition) is 4. The average Bonchev–Trinajstić information content (AvgIpc) is 2.92. The number of carboxylic acids is 1. The molecule has 1 unspecified atom stereocenters. The minimum Gasteiger partial charge on any atom is -0.481 e. The molecule has 0 aromatic carbocycles. The van der Waals surface area contributed by atoms with Crippen molar-refractivity contribution in [3.8, 4) is 0 Å².